The minimum atomic E-state index is -1.01. The van der Waals surface area contributed by atoms with Gasteiger partial charge in [-0.15, -0.1) is 0 Å². The molecule has 6 rings (SSSR count). The first-order valence-corrected chi connectivity index (χ1v) is 14.2. The van der Waals surface area contributed by atoms with E-state index in [1.165, 1.54) is 6.07 Å². The van der Waals surface area contributed by atoms with Gasteiger partial charge in [-0.05, 0) is 76.0 Å². The summed E-state index contributed by atoms with van der Waals surface area (Å²) in [6.07, 6.45) is 3.53. The van der Waals surface area contributed by atoms with E-state index in [2.05, 4.69) is 34.4 Å². The summed E-state index contributed by atoms with van der Waals surface area (Å²) in [5, 5.41) is 10.2. The third kappa shape index (κ3) is 4.97. The molecule has 1 saturated heterocycles. The number of likely N-dealkylation sites (tertiary alicyclic amines) is 1. The number of nitrogens with zero attached hydrogens (tertiary/aromatic N) is 4. The summed E-state index contributed by atoms with van der Waals surface area (Å²) in [7, 11) is 1.54. The number of halogens is 1. The largest absolute Gasteiger partial charge is 0.494 e. The number of hydrogen-bond donors (Lipinski definition) is 1. The van der Waals surface area contributed by atoms with Gasteiger partial charge in [0.1, 0.15) is 22.8 Å². The Balaban J connectivity index is 1.20. The topological polar surface area (TPSA) is 98.9 Å². The van der Waals surface area contributed by atoms with Gasteiger partial charge in [0.15, 0.2) is 11.5 Å². The van der Waals surface area contributed by atoms with Crippen LogP contribution in [-0.2, 0) is 12.3 Å². The smallest absolute Gasteiger partial charge is 0.335 e. The number of aromatic carboxylic acids is 1. The molecule has 4 aromatic rings. The molecule has 2 aliphatic heterocycles. The molecule has 1 atom stereocenters. The number of carbonyl (C=O) groups is 1. The van der Waals surface area contributed by atoms with E-state index in [-0.39, 0.29) is 11.6 Å². The standard InChI is InChI=1S/C31H33ClN4O5/c1-18(2)36-23-14-20(30(37)38)15-25(39-4)28(23)34-27(36)17-35-12-10-19(11-13-35)22-6-5-7-24-29(22)41-31(3,40-24)26-9-8-21(32)16-33-26/h5-9,14-16,18-19H,10-13,17H2,1-4H3,(H,37,38)/t31-/m0/s1. The summed E-state index contributed by atoms with van der Waals surface area (Å²) in [5.74, 6) is 1.21. The highest BCUT2D eigenvalue weighted by Crippen LogP contribution is 2.49. The average molecular weight is 577 g/mol. The maximum absolute atomic E-state index is 11.7. The summed E-state index contributed by atoms with van der Waals surface area (Å²) in [6.45, 7) is 8.50. The lowest BCUT2D eigenvalue weighted by Crippen LogP contribution is -2.34. The Morgan fingerprint density at radius 1 is 1.20 bits per heavy atom. The van der Waals surface area contributed by atoms with Gasteiger partial charge < -0.3 is 23.9 Å². The van der Waals surface area contributed by atoms with Crippen LogP contribution in [-0.4, -0.2) is 50.7 Å². The molecule has 0 saturated carbocycles. The summed E-state index contributed by atoms with van der Waals surface area (Å²) in [6, 6.07) is 13.0. The third-order valence-corrected chi connectivity index (χ3v) is 8.24. The molecule has 41 heavy (non-hydrogen) atoms. The van der Waals surface area contributed by atoms with Gasteiger partial charge in [0.05, 0.1) is 29.8 Å². The molecule has 4 heterocycles. The van der Waals surface area contributed by atoms with Crippen LogP contribution in [0.5, 0.6) is 17.2 Å². The summed E-state index contributed by atoms with van der Waals surface area (Å²) < 4.78 is 20.3. The van der Waals surface area contributed by atoms with Crippen molar-refractivity contribution in [1.29, 1.82) is 0 Å². The fraction of sp³-hybridized carbons (Fsp3) is 0.387. The Labute approximate surface area is 243 Å². The molecule has 2 aromatic heterocycles. The number of methoxy groups -OCH3 is 1. The van der Waals surface area contributed by atoms with Crippen molar-refractivity contribution in [2.75, 3.05) is 20.2 Å². The second-order valence-electron chi connectivity index (χ2n) is 11.1. The first-order valence-electron chi connectivity index (χ1n) is 13.8. The monoisotopic (exact) mass is 576 g/mol. The second-order valence-corrected chi connectivity index (χ2v) is 11.5. The van der Waals surface area contributed by atoms with Crippen molar-refractivity contribution in [2.24, 2.45) is 0 Å². The van der Waals surface area contributed by atoms with Crippen LogP contribution >= 0.6 is 11.6 Å². The number of piperidine rings is 1. The lowest BCUT2D eigenvalue weighted by atomic mass is 9.88. The van der Waals surface area contributed by atoms with Crippen LogP contribution in [0, 0.1) is 0 Å². The van der Waals surface area contributed by atoms with Gasteiger partial charge in [0.2, 0.25) is 0 Å². The molecule has 0 amide bonds. The zero-order chi connectivity index (χ0) is 28.9. The Morgan fingerprint density at radius 2 is 1.98 bits per heavy atom. The normalized spacial score (nSPS) is 19.3. The van der Waals surface area contributed by atoms with Gasteiger partial charge in [0, 0.05) is 24.7 Å². The Morgan fingerprint density at radius 3 is 2.63 bits per heavy atom. The number of rotatable bonds is 7. The van der Waals surface area contributed by atoms with E-state index in [0.717, 1.165) is 54.3 Å². The Bertz CT molecular complexity index is 1610. The number of carboxylic acids is 1. The van der Waals surface area contributed by atoms with Gasteiger partial charge in [-0.3, -0.25) is 9.88 Å². The van der Waals surface area contributed by atoms with Crippen LogP contribution in [0.15, 0.2) is 48.7 Å². The number of pyridine rings is 1. The zero-order valence-electron chi connectivity index (χ0n) is 23.6. The molecule has 0 unspecified atom stereocenters. The number of aromatic nitrogens is 3. The summed E-state index contributed by atoms with van der Waals surface area (Å²) in [5.41, 5.74) is 3.47. The molecular weight excluding hydrogens is 544 g/mol. The first kappa shape index (κ1) is 27.4. The van der Waals surface area contributed by atoms with Gasteiger partial charge in [-0.1, -0.05) is 23.7 Å². The minimum absolute atomic E-state index is 0.106. The molecule has 1 fully saturated rings. The van der Waals surface area contributed by atoms with Crippen LogP contribution < -0.4 is 14.2 Å². The predicted octanol–water partition coefficient (Wildman–Crippen LogP) is 6.40. The number of fused-ring (bicyclic) bond motifs is 2. The van der Waals surface area contributed by atoms with Crippen molar-refractivity contribution in [3.8, 4) is 17.2 Å². The number of para-hydroxylation sites is 1. The first-order chi connectivity index (χ1) is 19.7. The van der Waals surface area contributed by atoms with E-state index in [1.807, 2.05) is 25.1 Å². The van der Waals surface area contributed by atoms with Crippen molar-refractivity contribution >= 4 is 28.6 Å². The number of hydrogen-bond acceptors (Lipinski definition) is 7. The van der Waals surface area contributed by atoms with E-state index < -0.39 is 11.8 Å². The Kier molecular flexibility index (Phi) is 7.03. The highest BCUT2D eigenvalue weighted by atomic mass is 35.5. The second kappa shape index (κ2) is 10.5. The fourth-order valence-corrected chi connectivity index (χ4v) is 6.11. The number of imidazole rings is 1. The maximum atomic E-state index is 11.7. The molecule has 0 aliphatic carbocycles. The molecular formula is C31H33ClN4O5. The highest BCUT2D eigenvalue weighted by molar-refractivity contribution is 6.30. The maximum Gasteiger partial charge on any atom is 0.335 e. The lowest BCUT2D eigenvalue weighted by Gasteiger charge is -2.32. The molecule has 2 aromatic carbocycles. The van der Waals surface area contributed by atoms with Crippen molar-refractivity contribution in [2.45, 2.75) is 57.9 Å². The number of benzene rings is 2. The molecule has 214 valence electrons. The van der Waals surface area contributed by atoms with Gasteiger partial charge >= 0.3 is 5.97 Å². The van der Waals surface area contributed by atoms with Crippen LogP contribution in [0.2, 0.25) is 5.02 Å². The predicted molar refractivity (Wildman–Crippen MR) is 155 cm³/mol. The molecule has 0 radical (unpaired) electrons. The van der Waals surface area contributed by atoms with Crippen LogP contribution in [0.1, 0.15) is 73.0 Å². The van der Waals surface area contributed by atoms with E-state index in [9.17, 15) is 9.90 Å². The van der Waals surface area contributed by atoms with E-state index >= 15 is 0 Å². The van der Waals surface area contributed by atoms with Crippen LogP contribution in [0.3, 0.4) is 0 Å². The van der Waals surface area contributed by atoms with E-state index in [1.54, 1.807) is 25.4 Å². The van der Waals surface area contributed by atoms with Crippen LogP contribution in [0.4, 0.5) is 0 Å². The van der Waals surface area contributed by atoms with Crippen molar-refractivity contribution in [3.05, 3.63) is 76.3 Å². The SMILES string of the molecule is COc1cc(C(=O)O)cc2c1nc(CN1CCC(c3cccc4c3O[C@@](C)(c3ccc(Cl)cn3)O4)CC1)n2C(C)C. The van der Waals surface area contributed by atoms with Gasteiger partial charge in [-0.2, -0.15) is 0 Å². The molecule has 10 heteroatoms. The molecule has 9 nitrogen and oxygen atoms in total. The minimum Gasteiger partial charge on any atom is -0.494 e. The molecule has 0 spiro atoms. The molecule has 0 bridgehead atoms. The molecule has 1 N–H and O–H groups in total. The van der Waals surface area contributed by atoms with Crippen molar-refractivity contribution in [3.63, 3.8) is 0 Å². The van der Waals surface area contributed by atoms with Crippen molar-refractivity contribution in [1.82, 2.24) is 19.4 Å². The summed E-state index contributed by atoms with van der Waals surface area (Å²) in [4.78, 5) is 23.5. The lowest BCUT2D eigenvalue weighted by molar-refractivity contribution is -0.0722. The summed E-state index contributed by atoms with van der Waals surface area (Å²) >= 11 is 6.04. The average Bonchev–Trinajstić information content (AvgIpc) is 3.50. The van der Waals surface area contributed by atoms with Gasteiger partial charge in [0.25, 0.3) is 5.79 Å². The highest BCUT2D eigenvalue weighted by Gasteiger charge is 2.42. The number of carboxylic acid groups (broad SMARTS) is 1. The molecule has 2 aliphatic rings. The quantitative estimate of drug-likeness (QED) is 0.270. The van der Waals surface area contributed by atoms with Crippen molar-refractivity contribution < 1.29 is 24.1 Å². The Hall–Kier alpha value is -3.82. The zero-order valence-corrected chi connectivity index (χ0v) is 24.3. The van der Waals surface area contributed by atoms with Gasteiger partial charge in [-0.25, -0.2) is 9.78 Å². The van der Waals surface area contributed by atoms with E-state index in [0.29, 0.717) is 34.4 Å². The van der Waals surface area contributed by atoms with Crippen LogP contribution in [0.25, 0.3) is 11.0 Å². The third-order valence-electron chi connectivity index (χ3n) is 8.01. The number of ether oxygens (including phenoxy) is 3. The van der Waals surface area contributed by atoms with E-state index in [4.69, 9.17) is 30.8 Å². The fourth-order valence-electron chi connectivity index (χ4n) is 6.00.